The molecule has 1 heterocycles. The summed E-state index contributed by atoms with van der Waals surface area (Å²) in [6, 6.07) is 7.56. The standard InChI is InChI=1S/C16H25N3/c1-19(15-7-8-15)11-10-17-12-14-5-2-4-13-6-3-9-18-16(13)14/h2,4-5,15,17-18H,3,6-12H2,1H3. The Morgan fingerprint density at radius 2 is 2.26 bits per heavy atom. The van der Waals surface area contributed by atoms with E-state index < -0.39 is 0 Å². The van der Waals surface area contributed by atoms with Gasteiger partial charge in [-0.1, -0.05) is 18.2 Å². The van der Waals surface area contributed by atoms with Gasteiger partial charge in [0.15, 0.2) is 0 Å². The van der Waals surface area contributed by atoms with E-state index in [0.717, 1.165) is 32.2 Å². The molecule has 3 heteroatoms. The summed E-state index contributed by atoms with van der Waals surface area (Å²) in [5.41, 5.74) is 4.30. The number of fused-ring (bicyclic) bond motifs is 1. The molecule has 1 aromatic carbocycles. The second kappa shape index (κ2) is 5.93. The maximum atomic E-state index is 3.58. The van der Waals surface area contributed by atoms with Crippen molar-refractivity contribution in [3.63, 3.8) is 0 Å². The van der Waals surface area contributed by atoms with Crippen molar-refractivity contribution in [2.24, 2.45) is 0 Å². The number of nitrogens with zero attached hydrogens (tertiary/aromatic N) is 1. The Labute approximate surface area is 116 Å². The third-order valence-corrected chi connectivity index (χ3v) is 4.29. The van der Waals surface area contributed by atoms with Crippen molar-refractivity contribution in [2.75, 3.05) is 32.0 Å². The minimum Gasteiger partial charge on any atom is -0.385 e. The number of hydrogen-bond acceptors (Lipinski definition) is 3. The summed E-state index contributed by atoms with van der Waals surface area (Å²) in [6.45, 7) is 4.34. The van der Waals surface area contributed by atoms with Gasteiger partial charge in [-0.25, -0.2) is 0 Å². The summed E-state index contributed by atoms with van der Waals surface area (Å²) in [6.07, 6.45) is 5.27. The molecular weight excluding hydrogens is 234 g/mol. The predicted molar refractivity (Wildman–Crippen MR) is 80.6 cm³/mol. The number of benzene rings is 1. The zero-order valence-corrected chi connectivity index (χ0v) is 11.9. The first-order chi connectivity index (χ1) is 9.34. The molecule has 0 saturated heterocycles. The molecule has 1 saturated carbocycles. The molecule has 0 radical (unpaired) electrons. The number of hydrogen-bond donors (Lipinski definition) is 2. The molecule has 19 heavy (non-hydrogen) atoms. The van der Waals surface area contributed by atoms with Crippen LogP contribution in [0.2, 0.25) is 0 Å². The van der Waals surface area contributed by atoms with Gasteiger partial charge in [-0.05, 0) is 43.9 Å². The highest BCUT2D eigenvalue weighted by molar-refractivity contribution is 5.59. The van der Waals surface area contributed by atoms with Crippen LogP contribution in [-0.2, 0) is 13.0 Å². The van der Waals surface area contributed by atoms with Crippen LogP contribution in [0, 0.1) is 0 Å². The highest BCUT2D eigenvalue weighted by atomic mass is 15.2. The summed E-state index contributed by atoms with van der Waals surface area (Å²) in [5.74, 6) is 0. The molecule has 2 N–H and O–H groups in total. The third-order valence-electron chi connectivity index (χ3n) is 4.29. The summed E-state index contributed by atoms with van der Waals surface area (Å²) in [4.78, 5) is 2.48. The van der Waals surface area contributed by atoms with Gasteiger partial charge < -0.3 is 15.5 Å². The third kappa shape index (κ3) is 3.28. The van der Waals surface area contributed by atoms with E-state index in [2.05, 4.69) is 40.8 Å². The van der Waals surface area contributed by atoms with Crippen LogP contribution in [0.3, 0.4) is 0 Å². The van der Waals surface area contributed by atoms with Crippen molar-refractivity contribution in [3.8, 4) is 0 Å². The van der Waals surface area contributed by atoms with Crippen molar-refractivity contribution >= 4 is 5.69 Å². The van der Waals surface area contributed by atoms with Gasteiger partial charge in [0.05, 0.1) is 0 Å². The first-order valence-electron chi connectivity index (χ1n) is 7.60. The fourth-order valence-corrected chi connectivity index (χ4v) is 2.90. The Balaban J connectivity index is 1.49. The second-order valence-electron chi connectivity index (χ2n) is 5.87. The summed E-state index contributed by atoms with van der Waals surface area (Å²) in [5, 5.41) is 7.14. The lowest BCUT2D eigenvalue weighted by Crippen LogP contribution is -2.30. The largest absolute Gasteiger partial charge is 0.385 e. The van der Waals surface area contributed by atoms with Gasteiger partial charge in [0.1, 0.15) is 0 Å². The van der Waals surface area contributed by atoms with Crippen LogP contribution in [-0.4, -0.2) is 37.6 Å². The van der Waals surface area contributed by atoms with Crippen LogP contribution in [0.4, 0.5) is 5.69 Å². The lowest BCUT2D eigenvalue weighted by atomic mass is 9.99. The van der Waals surface area contributed by atoms with Crippen LogP contribution in [0.1, 0.15) is 30.4 Å². The SMILES string of the molecule is CN(CCNCc1cccc2c1NCCC2)C1CC1. The summed E-state index contributed by atoms with van der Waals surface area (Å²) < 4.78 is 0. The summed E-state index contributed by atoms with van der Waals surface area (Å²) >= 11 is 0. The van der Waals surface area contributed by atoms with Crippen molar-refractivity contribution in [1.82, 2.24) is 10.2 Å². The quantitative estimate of drug-likeness (QED) is 0.767. The molecular formula is C16H25N3. The minimum atomic E-state index is 0.868. The smallest absolute Gasteiger partial charge is 0.0418 e. The molecule has 0 amide bonds. The lowest BCUT2D eigenvalue weighted by Gasteiger charge is -2.22. The van der Waals surface area contributed by atoms with E-state index in [0.29, 0.717) is 0 Å². The zero-order valence-electron chi connectivity index (χ0n) is 11.9. The van der Waals surface area contributed by atoms with Gasteiger partial charge in [-0.15, -0.1) is 0 Å². The number of rotatable bonds is 6. The molecule has 0 aromatic heterocycles. The first-order valence-corrected chi connectivity index (χ1v) is 7.60. The topological polar surface area (TPSA) is 27.3 Å². The van der Waals surface area contributed by atoms with Gasteiger partial charge >= 0.3 is 0 Å². The normalized spacial score (nSPS) is 18.2. The molecule has 3 rings (SSSR count). The molecule has 0 bridgehead atoms. The predicted octanol–water partition coefficient (Wildman–Crippen LogP) is 2.23. The van der Waals surface area contributed by atoms with Gasteiger partial charge in [0, 0.05) is 37.9 Å². The van der Waals surface area contributed by atoms with Gasteiger partial charge in [-0.2, -0.15) is 0 Å². The Bertz CT molecular complexity index is 426. The average Bonchev–Trinajstić information content (AvgIpc) is 3.28. The molecule has 1 fully saturated rings. The van der Waals surface area contributed by atoms with E-state index >= 15 is 0 Å². The van der Waals surface area contributed by atoms with Gasteiger partial charge in [0.25, 0.3) is 0 Å². The second-order valence-corrected chi connectivity index (χ2v) is 5.87. The van der Waals surface area contributed by atoms with Crippen LogP contribution in [0.15, 0.2) is 18.2 Å². The van der Waals surface area contributed by atoms with Crippen molar-refractivity contribution in [3.05, 3.63) is 29.3 Å². The molecule has 0 spiro atoms. The van der Waals surface area contributed by atoms with Crippen LogP contribution in [0.25, 0.3) is 0 Å². The van der Waals surface area contributed by atoms with E-state index in [1.807, 2.05) is 0 Å². The molecule has 0 atom stereocenters. The van der Waals surface area contributed by atoms with Gasteiger partial charge in [-0.3, -0.25) is 0 Å². The van der Waals surface area contributed by atoms with Crippen molar-refractivity contribution in [2.45, 2.75) is 38.3 Å². The lowest BCUT2D eigenvalue weighted by molar-refractivity contribution is 0.321. The number of anilines is 1. The molecule has 2 aliphatic rings. The maximum absolute atomic E-state index is 3.58. The van der Waals surface area contributed by atoms with Crippen LogP contribution in [0.5, 0.6) is 0 Å². The number of para-hydroxylation sites is 1. The van der Waals surface area contributed by atoms with E-state index in [9.17, 15) is 0 Å². The molecule has 1 aliphatic heterocycles. The highest BCUT2D eigenvalue weighted by Gasteiger charge is 2.25. The Morgan fingerprint density at radius 1 is 1.37 bits per heavy atom. The number of likely N-dealkylation sites (N-methyl/N-ethyl adjacent to an activating group) is 1. The number of aryl methyl sites for hydroxylation is 1. The Kier molecular flexibility index (Phi) is 4.04. The van der Waals surface area contributed by atoms with Crippen molar-refractivity contribution in [1.29, 1.82) is 0 Å². The Hall–Kier alpha value is -1.06. The molecule has 0 unspecified atom stereocenters. The van der Waals surface area contributed by atoms with Crippen molar-refractivity contribution < 1.29 is 0 Å². The zero-order chi connectivity index (χ0) is 13.1. The maximum Gasteiger partial charge on any atom is 0.0418 e. The van der Waals surface area contributed by atoms with Crippen LogP contribution < -0.4 is 10.6 Å². The van der Waals surface area contributed by atoms with E-state index in [1.165, 1.54) is 42.5 Å². The van der Waals surface area contributed by atoms with Gasteiger partial charge in [0.2, 0.25) is 0 Å². The fourth-order valence-electron chi connectivity index (χ4n) is 2.90. The van der Waals surface area contributed by atoms with E-state index in [1.54, 1.807) is 0 Å². The molecule has 104 valence electrons. The van der Waals surface area contributed by atoms with E-state index in [-0.39, 0.29) is 0 Å². The Morgan fingerprint density at radius 3 is 3.11 bits per heavy atom. The number of nitrogens with one attached hydrogen (secondary N) is 2. The highest BCUT2D eigenvalue weighted by Crippen LogP contribution is 2.26. The molecule has 1 aliphatic carbocycles. The molecule has 1 aromatic rings. The summed E-state index contributed by atoms with van der Waals surface area (Å²) in [7, 11) is 2.24. The fraction of sp³-hybridized carbons (Fsp3) is 0.625. The molecule has 3 nitrogen and oxygen atoms in total. The first kappa shape index (κ1) is 12.9. The van der Waals surface area contributed by atoms with E-state index in [4.69, 9.17) is 0 Å². The van der Waals surface area contributed by atoms with Crippen LogP contribution >= 0.6 is 0 Å². The monoisotopic (exact) mass is 259 g/mol. The minimum absolute atomic E-state index is 0.868. The average molecular weight is 259 g/mol.